The van der Waals surface area contributed by atoms with Crippen LogP contribution in [0.5, 0.6) is 0 Å². The Hall–Kier alpha value is -2.08. The van der Waals surface area contributed by atoms with Crippen LogP contribution in [0.3, 0.4) is 0 Å². The summed E-state index contributed by atoms with van der Waals surface area (Å²) in [6.45, 7) is 3.72. The van der Waals surface area contributed by atoms with Gasteiger partial charge in [-0.1, -0.05) is 16.8 Å². The van der Waals surface area contributed by atoms with Gasteiger partial charge in [-0.2, -0.15) is 5.10 Å². The highest BCUT2D eigenvalue weighted by atomic mass is 35.5. The molecule has 0 unspecified atom stereocenters. The van der Waals surface area contributed by atoms with Gasteiger partial charge < -0.3 is 10.9 Å². The summed E-state index contributed by atoms with van der Waals surface area (Å²) in [5.74, 6) is 0.469. The van der Waals surface area contributed by atoms with Crippen molar-refractivity contribution in [2.24, 2.45) is 10.9 Å². The first-order chi connectivity index (χ1) is 8.52. The number of oxime groups is 1. The van der Waals surface area contributed by atoms with Crippen molar-refractivity contribution in [3.63, 3.8) is 0 Å². The maximum absolute atomic E-state index is 8.84. The second-order valence-electron chi connectivity index (χ2n) is 3.87. The zero-order valence-corrected chi connectivity index (χ0v) is 10.7. The van der Waals surface area contributed by atoms with Crippen molar-refractivity contribution < 1.29 is 5.21 Å². The fraction of sp³-hybridized carbons (Fsp3) is 0.182. The number of halogens is 1. The zero-order chi connectivity index (χ0) is 13.3. The number of pyridine rings is 1. The Morgan fingerprint density at radius 2 is 2.22 bits per heavy atom. The second-order valence-corrected chi connectivity index (χ2v) is 4.30. The lowest BCUT2D eigenvalue weighted by Crippen LogP contribution is -2.19. The Morgan fingerprint density at radius 1 is 1.50 bits per heavy atom. The molecule has 2 aromatic rings. The first-order valence-corrected chi connectivity index (χ1v) is 5.57. The Balaban J connectivity index is 2.72. The van der Waals surface area contributed by atoms with Crippen LogP contribution in [0.25, 0.3) is 5.82 Å². The summed E-state index contributed by atoms with van der Waals surface area (Å²) in [6.07, 6.45) is 3.11. The Bertz CT molecular complexity index is 620. The highest BCUT2D eigenvalue weighted by Crippen LogP contribution is 2.18. The molecule has 18 heavy (non-hydrogen) atoms. The van der Waals surface area contributed by atoms with Gasteiger partial charge in [0.15, 0.2) is 11.7 Å². The lowest BCUT2D eigenvalue weighted by molar-refractivity contribution is 0.318. The molecule has 0 aromatic carbocycles. The van der Waals surface area contributed by atoms with Crippen LogP contribution in [0.1, 0.15) is 16.8 Å². The molecule has 0 bridgehead atoms. The highest BCUT2D eigenvalue weighted by molar-refractivity contribution is 6.30. The van der Waals surface area contributed by atoms with Gasteiger partial charge in [0.2, 0.25) is 0 Å². The Kier molecular flexibility index (Phi) is 3.20. The van der Waals surface area contributed by atoms with E-state index in [1.807, 2.05) is 19.9 Å². The third-order valence-electron chi connectivity index (χ3n) is 2.46. The summed E-state index contributed by atoms with van der Waals surface area (Å²) in [7, 11) is 0. The lowest BCUT2D eigenvalue weighted by atomic mass is 10.1. The van der Waals surface area contributed by atoms with Gasteiger partial charge in [-0.3, -0.25) is 0 Å². The fourth-order valence-corrected chi connectivity index (χ4v) is 1.90. The van der Waals surface area contributed by atoms with Gasteiger partial charge in [0.1, 0.15) is 0 Å². The predicted octanol–water partition coefficient (Wildman–Crippen LogP) is 1.63. The number of amidine groups is 1. The number of nitrogens with two attached hydrogens (primary N) is 1. The van der Waals surface area contributed by atoms with E-state index in [0.29, 0.717) is 16.4 Å². The van der Waals surface area contributed by atoms with Crippen molar-refractivity contribution >= 4 is 17.4 Å². The van der Waals surface area contributed by atoms with Crippen molar-refractivity contribution in [3.05, 3.63) is 40.3 Å². The summed E-state index contributed by atoms with van der Waals surface area (Å²) in [5.41, 5.74) is 7.86. The number of hydrogen-bond donors (Lipinski definition) is 2. The maximum atomic E-state index is 8.84. The molecule has 0 saturated heterocycles. The molecule has 2 aromatic heterocycles. The molecule has 3 N–H and O–H groups in total. The quantitative estimate of drug-likeness (QED) is 0.374. The number of aryl methyl sites for hydroxylation is 2. The molecule has 7 heteroatoms. The van der Waals surface area contributed by atoms with Gasteiger partial charge in [0.25, 0.3) is 0 Å². The highest BCUT2D eigenvalue weighted by Gasteiger charge is 2.15. The van der Waals surface area contributed by atoms with Crippen molar-refractivity contribution in [2.75, 3.05) is 0 Å². The van der Waals surface area contributed by atoms with Crippen LogP contribution >= 0.6 is 11.6 Å². The van der Waals surface area contributed by atoms with Crippen molar-refractivity contribution in [1.82, 2.24) is 14.8 Å². The SMILES string of the molecule is Cc1cc(C)c(C(N)=NO)c(-n2cc(Cl)cn2)n1. The topological polar surface area (TPSA) is 89.3 Å². The molecule has 0 amide bonds. The van der Waals surface area contributed by atoms with E-state index in [2.05, 4.69) is 15.2 Å². The fourth-order valence-electron chi connectivity index (χ4n) is 1.77. The molecule has 0 saturated carbocycles. The molecule has 0 aliphatic carbocycles. The van der Waals surface area contributed by atoms with E-state index in [0.717, 1.165) is 11.3 Å². The van der Waals surface area contributed by atoms with E-state index < -0.39 is 0 Å². The molecule has 94 valence electrons. The van der Waals surface area contributed by atoms with E-state index in [1.165, 1.54) is 10.9 Å². The van der Waals surface area contributed by atoms with Crippen LogP contribution in [0.15, 0.2) is 23.6 Å². The number of rotatable bonds is 2. The maximum Gasteiger partial charge on any atom is 0.174 e. The van der Waals surface area contributed by atoms with Crippen LogP contribution in [-0.2, 0) is 0 Å². The molecular formula is C11H12ClN5O. The van der Waals surface area contributed by atoms with Gasteiger partial charge in [0, 0.05) is 5.69 Å². The van der Waals surface area contributed by atoms with Crippen LogP contribution in [0, 0.1) is 13.8 Å². The monoisotopic (exact) mass is 265 g/mol. The van der Waals surface area contributed by atoms with Crippen LogP contribution < -0.4 is 5.73 Å². The molecule has 2 heterocycles. The van der Waals surface area contributed by atoms with E-state index in [1.54, 1.807) is 6.20 Å². The van der Waals surface area contributed by atoms with Crippen molar-refractivity contribution in [1.29, 1.82) is 0 Å². The standard InChI is InChI=1S/C11H12ClN5O/c1-6-3-7(2)15-11(9(6)10(13)16-18)17-5-8(12)4-14-17/h3-5,18H,1-2H3,(H2,13,16). The minimum absolute atomic E-state index is 0.0124. The average molecular weight is 266 g/mol. The van der Waals surface area contributed by atoms with Gasteiger partial charge in [-0.05, 0) is 25.5 Å². The van der Waals surface area contributed by atoms with E-state index in [-0.39, 0.29) is 5.84 Å². The molecule has 2 rings (SSSR count). The lowest BCUT2D eigenvalue weighted by Gasteiger charge is -2.11. The number of hydrogen-bond acceptors (Lipinski definition) is 4. The van der Waals surface area contributed by atoms with E-state index in [4.69, 9.17) is 22.5 Å². The largest absolute Gasteiger partial charge is 0.409 e. The summed E-state index contributed by atoms with van der Waals surface area (Å²) >= 11 is 5.83. The summed E-state index contributed by atoms with van der Waals surface area (Å²) in [4.78, 5) is 4.36. The first-order valence-electron chi connectivity index (χ1n) is 5.19. The third kappa shape index (κ3) is 2.14. The van der Waals surface area contributed by atoms with Crippen LogP contribution in [0.4, 0.5) is 0 Å². The minimum Gasteiger partial charge on any atom is -0.409 e. The van der Waals surface area contributed by atoms with Gasteiger partial charge in [-0.15, -0.1) is 0 Å². The molecule has 0 aliphatic heterocycles. The van der Waals surface area contributed by atoms with Gasteiger partial charge in [-0.25, -0.2) is 9.67 Å². The van der Waals surface area contributed by atoms with Crippen LogP contribution in [0.2, 0.25) is 5.02 Å². The summed E-state index contributed by atoms with van der Waals surface area (Å²) in [6, 6.07) is 1.85. The predicted molar refractivity (Wildman–Crippen MR) is 68.4 cm³/mol. The number of aromatic nitrogens is 3. The Labute approximate surface area is 109 Å². The number of nitrogens with zero attached hydrogens (tertiary/aromatic N) is 4. The summed E-state index contributed by atoms with van der Waals surface area (Å²) < 4.78 is 1.50. The van der Waals surface area contributed by atoms with Crippen LogP contribution in [-0.4, -0.2) is 25.8 Å². The molecule has 0 radical (unpaired) electrons. The zero-order valence-electron chi connectivity index (χ0n) is 9.92. The van der Waals surface area contributed by atoms with Crippen molar-refractivity contribution in [2.45, 2.75) is 13.8 Å². The first kappa shape index (κ1) is 12.4. The normalized spacial score (nSPS) is 11.8. The molecular weight excluding hydrogens is 254 g/mol. The molecule has 0 atom stereocenters. The second kappa shape index (κ2) is 4.66. The van der Waals surface area contributed by atoms with Crippen molar-refractivity contribution in [3.8, 4) is 5.82 Å². The van der Waals surface area contributed by atoms with E-state index in [9.17, 15) is 0 Å². The molecule has 0 spiro atoms. The molecule has 0 aliphatic rings. The molecule has 0 fully saturated rings. The van der Waals surface area contributed by atoms with E-state index >= 15 is 0 Å². The summed E-state index contributed by atoms with van der Waals surface area (Å²) in [5, 5.41) is 16.4. The Morgan fingerprint density at radius 3 is 2.78 bits per heavy atom. The van der Waals surface area contributed by atoms with Gasteiger partial charge in [0.05, 0.1) is 23.0 Å². The van der Waals surface area contributed by atoms with Gasteiger partial charge >= 0.3 is 0 Å². The third-order valence-corrected chi connectivity index (χ3v) is 2.65. The average Bonchev–Trinajstić information content (AvgIpc) is 2.74. The smallest absolute Gasteiger partial charge is 0.174 e. The molecule has 6 nitrogen and oxygen atoms in total. The minimum atomic E-state index is -0.0124.